The van der Waals surface area contributed by atoms with Gasteiger partial charge in [-0.3, -0.25) is 19.3 Å². The number of Topliss-reactive ketones (excluding diaryl/α,β-unsaturated/α-hetero) is 1. The van der Waals surface area contributed by atoms with Crippen molar-refractivity contribution >= 4 is 40.7 Å². The number of aromatic nitrogens is 4. The van der Waals surface area contributed by atoms with Crippen LogP contribution in [0.1, 0.15) is 43.4 Å². The highest BCUT2D eigenvalue weighted by atomic mass is 32.2. The predicted molar refractivity (Wildman–Crippen MR) is 154 cm³/mol. The molecule has 0 saturated carbocycles. The topological polar surface area (TPSA) is 128 Å². The number of anilines is 1. The zero-order valence-corrected chi connectivity index (χ0v) is 23.9. The first-order valence-corrected chi connectivity index (χ1v) is 14.2. The third-order valence-electron chi connectivity index (χ3n) is 6.72. The molecule has 2 fully saturated rings. The maximum Gasteiger partial charge on any atom is 0.293 e. The van der Waals surface area contributed by atoms with Crippen LogP contribution in [-0.4, -0.2) is 67.5 Å². The van der Waals surface area contributed by atoms with E-state index in [1.807, 2.05) is 19.3 Å². The van der Waals surface area contributed by atoms with E-state index in [4.69, 9.17) is 9.47 Å². The van der Waals surface area contributed by atoms with E-state index in [2.05, 4.69) is 31.8 Å². The van der Waals surface area contributed by atoms with Gasteiger partial charge in [0.1, 0.15) is 24.0 Å². The molecule has 0 N–H and O–H groups in total. The summed E-state index contributed by atoms with van der Waals surface area (Å²) >= 11 is 0.808. The Morgan fingerprint density at radius 2 is 1.83 bits per heavy atom. The van der Waals surface area contributed by atoms with Gasteiger partial charge in [0.15, 0.2) is 0 Å². The van der Waals surface area contributed by atoms with Crippen LogP contribution < -0.4 is 14.4 Å². The number of thioether (sulfide) groups is 1. The SMILES string of the molecule is CCc1cnc(N2CCC(Oc3ncnc(Oc4cccc(/C=C5/SC(=O)N(CC(C)=O)C5=O)c4)c3C)CC2)nc1. The number of imide groups is 1. The quantitative estimate of drug-likeness (QED) is 0.333. The summed E-state index contributed by atoms with van der Waals surface area (Å²) in [5.41, 5.74) is 2.45. The summed E-state index contributed by atoms with van der Waals surface area (Å²) in [5.74, 6) is 1.32. The number of benzene rings is 1. The van der Waals surface area contributed by atoms with Crippen molar-refractivity contribution in [1.82, 2.24) is 24.8 Å². The number of carbonyl (C=O) groups excluding carboxylic acids is 3. The number of ether oxygens (including phenoxy) is 2. The van der Waals surface area contributed by atoms with Crippen LogP contribution in [-0.2, 0) is 16.0 Å². The van der Waals surface area contributed by atoms with E-state index >= 15 is 0 Å². The van der Waals surface area contributed by atoms with E-state index in [9.17, 15) is 14.4 Å². The molecule has 2 saturated heterocycles. The molecule has 0 aliphatic carbocycles. The van der Waals surface area contributed by atoms with Gasteiger partial charge in [-0.15, -0.1) is 0 Å². The van der Waals surface area contributed by atoms with Gasteiger partial charge in [0.25, 0.3) is 11.1 Å². The highest BCUT2D eigenvalue weighted by Crippen LogP contribution is 2.34. The Morgan fingerprint density at radius 1 is 1.10 bits per heavy atom. The molecule has 41 heavy (non-hydrogen) atoms. The van der Waals surface area contributed by atoms with Gasteiger partial charge in [0.05, 0.1) is 17.0 Å². The van der Waals surface area contributed by atoms with Crippen LogP contribution in [0.15, 0.2) is 47.9 Å². The molecule has 0 bridgehead atoms. The second-order valence-electron chi connectivity index (χ2n) is 9.80. The van der Waals surface area contributed by atoms with Crippen molar-refractivity contribution in [3.8, 4) is 17.5 Å². The first kappa shape index (κ1) is 28.2. The van der Waals surface area contributed by atoms with Crippen molar-refractivity contribution in [3.63, 3.8) is 0 Å². The van der Waals surface area contributed by atoms with E-state index in [0.29, 0.717) is 28.6 Å². The summed E-state index contributed by atoms with van der Waals surface area (Å²) in [6.07, 6.45) is 9.28. The number of piperidine rings is 1. The number of rotatable bonds is 9. The summed E-state index contributed by atoms with van der Waals surface area (Å²) < 4.78 is 12.3. The van der Waals surface area contributed by atoms with Gasteiger partial charge >= 0.3 is 0 Å². The Balaban J connectivity index is 1.22. The van der Waals surface area contributed by atoms with Crippen LogP contribution in [0.5, 0.6) is 17.5 Å². The minimum Gasteiger partial charge on any atom is -0.474 e. The molecule has 0 radical (unpaired) electrons. The van der Waals surface area contributed by atoms with Crippen LogP contribution in [0.4, 0.5) is 10.7 Å². The van der Waals surface area contributed by atoms with Gasteiger partial charge in [0.2, 0.25) is 17.7 Å². The average molecular weight is 575 g/mol. The summed E-state index contributed by atoms with van der Waals surface area (Å²) in [7, 11) is 0. The van der Waals surface area contributed by atoms with E-state index in [1.54, 1.807) is 30.3 Å². The lowest BCUT2D eigenvalue weighted by Gasteiger charge is -2.32. The van der Waals surface area contributed by atoms with Crippen molar-refractivity contribution in [2.45, 2.75) is 46.1 Å². The minimum atomic E-state index is -0.484. The molecular formula is C29H30N6O5S. The molecule has 11 nitrogen and oxygen atoms in total. The smallest absolute Gasteiger partial charge is 0.293 e. The Hall–Kier alpha value is -4.32. The Kier molecular flexibility index (Phi) is 8.58. The standard InChI is InChI=1S/C29H30N6O5S/c1-4-20-14-30-28(31-15-20)34-10-8-22(9-11-34)39-25-19(3)26(33-17-32-25)40-23-7-5-6-21(12-23)13-24-27(37)35(16-18(2)36)29(38)41-24/h5-7,12-15,17,22H,4,8-11,16H2,1-3H3/b24-13+. The first-order chi connectivity index (χ1) is 19.8. The molecule has 2 amide bonds. The molecule has 0 unspecified atom stereocenters. The van der Waals surface area contributed by atoms with E-state index in [1.165, 1.54) is 13.3 Å². The van der Waals surface area contributed by atoms with E-state index in [0.717, 1.165) is 60.5 Å². The van der Waals surface area contributed by atoms with Gasteiger partial charge in [-0.05, 0) is 61.4 Å². The largest absolute Gasteiger partial charge is 0.474 e. The van der Waals surface area contributed by atoms with Gasteiger partial charge < -0.3 is 14.4 Å². The lowest BCUT2D eigenvalue weighted by molar-refractivity contribution is -0.127. The molecule has 212 valence electrons. The molecule has 4 heterocycles. The fourth-order valence-electron chi connectivity index (χ4n) is 4.46. The molecule has 12 heteroatoms. The van der Waals surface area contributed by atoms with Crippen molar-refractivity contribution in [2.75, 3.05) is 24.5 Å². The highest BCUT2D eigenvalue weighted by molar-refractivity contribution is 8.18. The van der Waals surface area contributed by atoms with Gasteiger partial charge in [-0.1, -0.05) is 19.1 Å². The molecule has 0 atom stereocenters. The summed E-state index contributed by atoms with van der Waals surface area (Å²) in [4.78, 5) is 57.1. The average Bonchev–Trinajstić information content (AvgIpc) is 3.22. The number of ketones is 1. The molecule has 2 aliphatic rings. The maximum absolute atomic E-state index is 12.6. The third-order valence-corrected chi connectivity index (χ3v) is 7.63. The lowest BCUT2D eigenvalue weighted by atomic mass is 10.1. The zero-order valence-electron chi connectivity index (χ0n) is 23.1. The number of hydrogen-bond donors (Lipinski definition) is 0. The summed E-state index contributed by atoms with van der Waals surface area (Å²) in [6, 6.07) is 7.09. The molecule has 0 spiro atoms. The number of aryl methyl sites for hydroxylation is 1. The fraction of sp³-hybridized carbons (Fsp3) is 0.345. The Bertz CT molecular complexity index is 1490. The molecule has 3 aromatic rings. The van der Waals surface area contributed by atoms with Crippen LogP contribution in [0.2, 0.25) is 0 Å². The third kappa shape index (κ3) is 6.71. The van der Waals surface area contributed by atoms with Crippen molar-refractivity contribution in [2.24, 2.45) is 0 Å². The highest BCUT2D eigenvalue weighted by Gasteiger charge is 2.35. The summed E-state index contributed by atoms with van der Waals surface area (Å²) in [5, 5.41) is -0.461. The maximum atomic E-state index is 12.6. The van der Waals surface area contributed by atoms with E-state index < -0.39 is 11.1 Å². The summed E-state index contributed by atoms with van der Waals surface area (Å²) in [6.45, 7) is 6.60. The lowest BCUT2D eigenvalue weighted by Crippen LogP contribution is -2.39. The Morgan fingerprint density at radius 3 is 2.54 bits per heavy atom. The monoisotopic (exact) mass is 574 g/mol. The molecule has 2 aromatic heterocycles. The fourth-order valence-corrected chi connectivity index (χ4v) is 5.29. The van der Waals surface area contributed by atoms with Crippen molar-refractivity contribution < 1.29 is 23.9 Å². The van der Waals surface area contributed by atoms with Gasteiger partial charge in [0, 0.05) is 38.3 Å². The second-order valence-corrected chi connectivity index (χ2v) is 10.8. The molecule has 2 aliphatic heterocycles. The van der Waals surface area contributed by atoms with Crippen LogP contribution in [0.3, 0.4) is 0 Å². The van der Waals surface area contributed by atoms with Crippen molar-refractivity contribution in [1.29, 1.82) is 0 Å². The number of amides is 2. The van der Waals surface area contributed by atoms with E-state index in [-0.39, 0.29) is 23.3 Å². The zero-order chi connectivity index (χ0) is 28.9. The predicted octanol–water partition coefficient (Wildman–Crippen LogP) is 4.60. The van der Waals surface area contributed by atoms with Crippen LogP contribution in [0.25, 0.3) is 6.08 Å². The normalized spacial score (nSPS) is 16.9. The molecular weight excluding hydrogens is 544 g/mol. The first-order valence-electron chi connectivity index (χ1n) is 13.4. The van der Waals surface area contributed by atoms with Gasteiger partial charge in [-0.25, -0.2) is 19.9 Å². The minimum absolute atomic E-state index is 0.00991. The van der Waals surface area contributed by atoms with Gasteiger partial charge in [-0.2, -0.15) is 0 Å². The Labute approximate surface area is 242 Å². The number of carbonyl (C=O) groups is 3. The van der Waals surface area contributed by atoms with Crippen LogP contribution in [0, 0.1) is 6.92 Å². The number of nitrogens with zero attached hydrogens (tertiary/aromatic N) is 6. The molecule has 5 rings (SSSR count). The van der Waals surface area contributed by atoms with Crippen LogP contribution >= 0.6 is 11.8 Å². The molecule has 1 aromatic carbocycles. The second kappa shape index (κ2) is 12.5. The number of hydrogen-bond acceptors (Lipinski definition) is 11. The van der Waals surface area contributed by atoms with Crippen molar-refractivity contribution in [3.05, 3.63) is 64.6 Å².